The van der Waals surface area contributed by atoms with Gasteiger partial charge in [0.2, 0.25) is 17.7 Å². The fourth-order valence-electron chi connectivity index (χ4n) is 12.1. The molecule has 6 aliphatic rings. The van der Waals surface area contributed by atoms with Crippen LogP contribution in [0.4, 0.5) is 0 Å². The number of aliphatic hydroxyl groups excluding tert-OH is 10. The van der Waals surface area contributed by atoms with Crippen LogP contribution in [0.2, 0.25) is 0 Å². The van der Waals surface area contributed by atoms with E-state index in [4.69, 9.17) is 51.3 Å². The maximum Gasteiger partial charge on any atom is 0.472 e. The summed E-state index contributed by atoms with van der Waals surface area (Å²) in [5, 5.41) is 100. The summed E-state index contributed by atoms with van der Waals surface area (Å²) in [6.45, 7) is 9.23. The number of hydrogen-bond acceptors (Lipinski definition) is 26. The van der Waals surface area contributed by atoms with Crippen LogP contribution in [-0.4, -0.2) is 290 Å². The van der Waals surface area contributed by atoms with Gasteiger partial charge in [-0.25, -0.2) is 9.13 Å². The molecule has 6 rings (SSSR count). The van der Waals surface area contributed by atoms with Gasteiger partial charge in [0.1, 0.15) is 36.6 Å². The van der Waals surface area contributed by atoms with Gasteiger partial charge in [0, 0.05) is 83.6 Å². The molecule has 33 heteroatoms. The second-order valence-corrected chi connectivity index (χ2v) is 28.7. The third kappa shape index (κ3) is 24.7. The Hall–Kier alpha value is -2.05. The Morgan fingerprint density at radius 2 is 0.772 bits per heavy atom. The zero-order valence-electron chi connectivity index (χ0n) is 54.4. The number of carbonyl (C=O) groups excluding carboxylic acids is 3. The predicted octanol–water partition coefficient (Wildman–Crippen LogP) is 0.419. The number of methoxy groups -OCH3 is 1. The predicted molar refractivity (Wildman–Crippen MR) is 324 cm³/mol. The van der Waals surface area contributed by atoms with Crippen molar-refractivity contribution in [3.63, 3.8) is 0 Å². The third-order valence-electron chi connectivity index (χ3n) is 17.4. The van der Waals surface area contributed by atoms with Crippen molar-refractivity contribution in [1.82, 2.24) is 14.7 Å². The number of ether oxygens (including phenoxy) is 7. The van der Waals surface area contributed by atoms with Crippen LogP contribution < -0.4 is 0 Å². The molecule has 23 atom stereocenters. The van der Waals surface area contributed by atoms with Gasteiger partial charge in [-0.05, 0) is 63.7 Å². The Labute approximate surface area is 540 Å². The van der Waals surface area contributed by atoms with Gasteiger partial charge >= 0.3 is 15.6 Å². The summed E-state index contributed by atoms with van der Waals surface area (Å²) >= 11 is 0. The van der Waals surface area contributed by atoms with Crippen molar-refractivity contribution in [1.29, 1.82) is 0 Å². The highest BCUT2D eigenvalue weighted by molar-refractivity contribution is 7.47. The maximum atomic E-state index is 13.9. The number of β-amino-alcohol motifs (C(OH)–C–C–N with tert-alkyl or cyclic N) is 1. The zero-order chi connectivity index (χ0) is 68.0. The molecule has 0 saturated carbocycles. The Kier molecular flexibility index (Phi) is 34.6. The molecule has 3 amide bonds. The number of aliphatic hydroxyl groups is 10. The fraction of sp³-hybridized carbons (Fsp3) is 0.949. The lowest BCUT2D eigenvalue weighted by Gasteiger charge is -2.40. The summed E-state index contributed by atoms with van der Waals surface area (Å²) in [7, 11) is -8.40. The van der Waals surface area contributed by atoms with Crippen LogP contribution in [0, 0.1) is 23.7 Å². The smallest absolute Gasteiger partial charge is 0.394 e. The molecule has 6 heterocycles. The zero-order valence-corrected chi connectivity index (χ0v) is 56.2. The van der Waals surface area contributed by atoms with Crippen LogP contribution in [0.15, 0.2) is 0 Å². The van der Waals surface area contributed by atoms with Gasteiger partial charge in [0.15, 0.2) is 18.9 Å². The molecule has 538 valence electrons. The summed E-state index contributed by atoms with van der Waals surface area (Å²) in [4.78, 5) is 67.2. The average molecular weight is 1370 g/mol. The number of phosphoric acid groups is 2. The molecule has 0 radical (unpaired) electrons. The molecule has 31 nitrogen and oxygen atoms in total. The second kappa shape index (κ2) is 39.5. The van der Waals surface area contributed by atoms with Gasteiger partial charge < -0.3 is 109 Å². The van der Waals surface area contributed by atoms with Gasteiger partial charge in [-0.3, -0.25) is 32.5 Å². The van der Waals surface area contributed by atoms with Crippen LogP contribution in [0.5, 0.6) is 0 Å². The van der Waals surface area contributed by atoms with Crippen LogP contribution in [-0.2, 0) is 74.8 Å². The standard InChI is InChI=1S/C55H99N3O28P2.C4H10/c1-32-47(66)50(69)41(26-59)82-53(32)77-17-11-5-8-14-44(63)56-23-38(62)20-35(56)30-80-87(72,73)86-40-22-37(58(25-40)46(65)16-10-7-13-19-79-55-34(3)49(68)52(71)43(28-61)84-55)31-81-88(74,75)85-39-21-36(29-76-4)57(24-39)45(64)15-9-6-12-18-78-54-33(2)48(67)51(70)42(27-60)83-54;1-4(2)3/h32-43,47-55,59-62,66-71H,5-31H2,1-4H3,(H,72,73)(H,74,75);4H,1-3H3/t32-,33-,34-,35-,36-,37-,38?,39+,40+,41?,42?,43?,47?,48?,49?,50-,51-,52-,53+,54+,55+;/m0./s1. The Morgan fingerprint density at radius 1 is 0.467 bits per heavy atom. The minimum absolute atomic E-state index is 0.0333. The van der Waals surface area contributed by atoms with E-state index < -0.39 is 183 Å². The molecule has 12 N–H and O–H groups in total. The van der Waals surface area contributed by atoms with E-state index in [-0.39, 0.29) is 96.4 Å². The first-order chi connectivity index (χ1) is 43.5. The Balaban J connectivity index is 0.00000373. The topological polar surface area (TPSA) is 439 Å². The lowest BCUT2D eigenvalue weighted by atomic mass is 9.92. The van der Waals surface area contributed by atoms with E-state index in [1.165, 1.54) is 21.8 Å². The van der Waals surface area contributed by atoms with E-state index in [1.54, 1.807) is 20.8 Å². The van der Waals surface area contributed by atoms with Crippen LogP contribution in [0.3, 0.4) is 0 Å². The Bertz CT molecular complexity index is 2260. The Morgan fingerprint density at radius 3 is 1.09 bits per heavy atom. The first kappa shape index (κ1) is 80.6. The largest absolute Gasteiger partial charge is 0.472 e. The van der Waals surface area contributed by atoms with E-state index in [0.717, 1.165) is 5.92 Å². The van der Waals surface area contributed by atoms with Crippen molar-refractivity contribution in [2.75, 3.05) is 86.2 Å². The van der Waals surface area contributed by atoms with E-state index in [2.05, 4.69) is 20.8 Å². The maximum absolute atomic E-state index is 13.9. The number of amides is 3. The molecule has 9 unspecified atom stereocenters. The number of unbranched alkanes of at least 4 members (excludes halogenated alkanes) is 6. The van der Waals surface area contributed by atoms with E-state index in [9.17, 15) is 84.4 Å². The van der Waals surface area contributed by atoms with Crippen LogP contribution in [0.1, 0.15) is 138 Å². The lowest BCUT2D eigenvalue weighted by molar-refractivity contribution is -0.282. The van der Waals surface area contributed by atoms with Gasteiger partial charge in [-0.2, -0.15) is 0 Å². The highest BCUT2D eigenvalue weighted by Gasteiger charge is 2.47. The molecule has 0 spiro atoms. The first-order valence-electron chi connectivity index (χ1n) is 32.6. The van der Waals surface area contributed by atoms with E-state index in [0.29, 0.717) is 57.8 Å². The fourth-order valence-corrected chi connectivity index (χ4v) is 14.0. The molecule has 92 heavy (non-hydrogen) atoms. The highest BCUT2D eigenvalue weighted by atomic mass is 31.2. The molecule has 0 bridgehead atoms. The summed E-state index contributed by atoms with van der Waals surface area (Å²) in [6, 6.07) is -2.27. The summed E-state index contributed by atoms with van der Waals surface area (Å²) in [5.74, 6) is -1.88. The molecule has 6 saturated heterocycles. The van der Waals surface area contributed by atoms with Crippen molar-refractivity contribution in [2.45, 2.75) is 248 Å². The van der Waals surface area contributed by atoms with Gasteiger partial charge in [-0.1, -0.05) is 60.8 Å². The van der Waals surface area contributed by atoms with Gasteiger partial charge in [-0.15, -0.1) is 0 Å². The summed E-state index contributed by atoms with van der Waals surface area (Å²) < 4.78 is 88.9. The van der Waals surface area contributed by atoms with E-state index >= 15 is 0 Å². The summed E-state index contributed by atoms with van der Waals surface area (Å²) in [6.07, 6.45) is -11.4. The number of hydrogen-bond donors (Lipinski definition) is 12. The number of likely N-dealkylation sites (tertiary alicyclic amines) is 3. The second-order valence-electron chi connectivity index (χ2n) is 25.9. The van der Waals surface area contributed by atoms with E-state index in [1.807, 2.05) is 0 Å². The lowest BCUT2D eigenvalue weighted by Crippen LogP contribution is -2.55. The average Bonchev–Trinajstić information content (AvgIpc) is 1.44. The SMILES string of the molecule is CC(C)C.COC[C@@H]1C[C@@H](OP(=O)(O)OC[C@@H]2C[C@@H](OP(=O)(O)OC[C@@H]3CC(O)CN3C(=O)CCCCCO[C@@H]3OC(CO)[C@H](O)C(O)[C@@H]3C)CN2C(=O)CCCCCO[C@@H]2OC(CO)[C@H](O)C(O)[C@@H]2C)CN1C(=O)CCCCCO[C@@H]1OC(CO)[C@H](O)C(O)[C@@H]1C. The molecule has 6 aliphatic heterocycles. The van der Waals surface area contributed by atoms with Gasteiger partial charge in [0.25, 0.3) is 0 Å². The normalized spacial score (nSPS) is 35.7. The molecule has 0 aromatic rings. The molecule has 0 aliphatic carbocycles. The molecular formula is C59H109N3O28P2. The monoisotopic (exact) mass is 1370 g/mol. The molecule has 0 aromatic carbocycles. The molecule has 0 aromatic heterocycles. The quantitative estimate of drug-likeness (QED) is 0.0299. The van der Waals surface area contributed by atoms with Crippen molar-refractivity contribution in [2.24, 2.45) is 23.7 Å². The van der Waals surface area contributed by atoms with Crippen molar-refractivity contribution in [3.05, 3.63) is 0 Å². The number of carbonyl (C=O) groups is 3. The number of phosphoric ester groups is 2. The van der Waals surface area contributed by atoms with Crippen LogP contribution in [0.25, 0.3) is 0 Å². The summed E-state index contributed by atoms with van der Waals surface area (Å²) in [5.41, 5.74) is 0. The van der Waals surface area contributed by atoms with Gasteiger partial charge in [0.05, 0.1) is 94.4 Å². The minimum Gasteiger partial charge on any atom is -0.394 e. The van der Waals surface area contributed by atoms with Crippen molar-refractivity contribution >= 4 is 33.4 Å². The number of rotatable bonds is 36. The highest BCUT2D eigenvalue weighted by Crippen LogP contribution is 2.50. The first-order valence-corrected chi connectivity index (χ1v) is 35.6. The molecular weight excluding hydrogens is 1260 g/mol. The third-order valence-corrected chi connectivity index (χ3v) is 19.5. The van der Waals surface area contributed by atoms with Crippen LogP contribution >= 0.6 is 15.6 Å². The number of nitrogens with zero attached hydrogens (tertiary/aromatic N) is 3. The molecule has 6 fully saturated rings. The minimum atomic E-state index is -4.94. The van der Waals surface area contributed by atoms with Crippen molar-refractivity contribution < 1.29 is 136 Å². The van der Waals surface area contributed by atoms with Crippen molar-refractivity contribution in [3.8, 4) is 0 Å².